The molecule has 0 spiro atoms. The summed E-state index contributed by atoms with van der Waals surface area (Å²) in [6.45, 7) is 6.10. The van der Waals surface area contributed by atoms with E-state index in [2.05, 4.69) is 0 Å². The topological polar surface area (TPSA) is 26.3 Å². The predicted molar refractivity (Wildman–Crippen MR) is 85.9 cm³/mol. The van der Waals surface area contributed by atoms with Gasteiger partial charge in [0.1, 0.15) is 6.61 Å². The molecule has 0 radical (unpaired) electrons. The molecule has 0 atom stereocenters. The second kappa shape index (κ2) is 7.21. The fourth-order valence-corrected chi connectivity index (χ4v) is 2.57. The zero-order chi connectivity index (χ0) is 16.1. The summed E-state index contributed by atoms with van der Waals surface area (Å²) >= 11 is 0. The second-order valence-electron chi connectivity index (χ2n) is 5.06. The van der Waals surface area contributed by atoms with Crippen LogP contribution in [0.25, 0.3) is 0 Å². The smallest absolute Gasteiger partial charge is 0.169 e. The van der Waals surface area contributed by atoms with Gasteiger partial charge < -0.3 is 4.74 Å². The Bertz CT molecular complexity index is 663. The quantitative estimate of drug-likeness (QED) is 0.808. The molecule has 0 aliphatic heterocycles. The van der Waals surface area contributed by atoms with E-state index in [-0.39, 0.29) is 17.3 Å². The Kier molecular flexibility index (Phi) is 5.31. The minimum atomic E-state index is -0.373. The first kappa shape index (κ1) is 16.2. The maximum absolute atomic E-state index is 14.4. The van der Waals surface area contributed by atoms with E-state index in [1.807, 2.05) is 44.2 Å². The Labute approximate surface area is 130 Å². The highest BCUT2D eigenvalue weighted by Crippen LogP contribution is 2.34. The third-order valence-electron chi connectivity index (χ3n) is 3.64. The summed E-state index contributed by atoms with van der Waals surface area (Å²) < 4.78 is 20.1. The van der Waals surface area contributed by atoms with Crippen molar-refractivity contribution in [3.63, 3.8) is 0 Å². The van der Waals surface area contributed by atoms with Crippen molar-refractivity contribution in [3.05, 3.63) is 64.5 Å². The first-order valence-corrected chi connectivity index (χ1v) is 7.68. The number of fused-ring (bicyclic) bond motifs is 1. The van der Waals surface area contributed by atoms with Crippen molar-refractivity contribution in [2.24, 2.45) is 0 Å². The molecule has 1 aliphatic rings. The average molecular weight is 300 g/mol. The molecule has 0 amide bonds. The third-order valence-corrected chi connectivity index (χ3v) is 3.64. The van der Waals surface area contributed by atoms with Gasteiger partial charge in [-0.05, 0) is 30.5 Å². The van der Waals surface area contributed by atoms with Crippen LogP contribution in [0.2, 0.25) is 0 Å². The van der Waals surface area contributed by atoms with Gasteiger partial charge in [-0.3, -0.25) is 4.79 Å². The van der Waals surface area contributed by atoms with E-state index in [4.69, 9.17) is 4.74 Å². The number of hydrogen-bond donors (Lipinski definition) is 0. The number of ether oxygens (including phenoxy) is 1. The van der Waals surface area contributed by atoms with E-state index in [1.54, 1.807) is 13.0 Å². The SMILES string of the molecule is CC.Cc1cc2c(c(F)c1OCc1ccccc1)CCC2=O. The van der Waals surface area contributed by atoms with Gasteiger partial charge in [0, 0.05) is 17.5 Å². The maximum Gasteiger partial charge on any atom is 0.169 e. The average Bonchev–Trinajstić information content (AvgIpc) is 2.91. The number of aryl methyl sites for hydroxylation is 1. The molecular weight excluding hydrogens is 279 g/mol. The van der Waals surface area contributed by atoms with Crippen molar-refractivity contribution in [2.75, 3.05) is 0 Å². The summed E-state index contributed by atoms with van der Waals surface area (Å²) in [6.07, 6.45) is 0.871. The van der Waals surface area contributed by atoms with Crippen LogP contribution in [0.4, 0.5) is 4.39 Å². The summed E-state index contributed by atoms with van der Waals surface area (Å²) in [5, 5.41) is 0. The van der Waals surface area contributed by atoms with E-state index in [0.717, 1.165) is 5.56 Å². The number of benzene rings is 2. The second-order valence-corrected chi connectivity index (χ2v) is 5.06. The van der Waals surface area contributed by atoms with Crippen molar-refractivity contribution in [1.29, 1.82) is 0 Å². The van der Waals surface area contributed by atoms with Gasteiger partial charge in [-0.25, -0.2) is 4.39 Å². The minimum Gasteiger partial charge on any atom is -0.486 e. The molecule has 2 aromatic rings. The Morgan fingerprint density at radius 1 is 1.14 bits per heavy atom. The van der Waals surface area contributed by atoms with Gasteiger partial charge >= 0.3 is 0 Å². The van der Waals surface area contributed by atoms with Gasteiger partial charge in [0.25, 0.3) is 0 Å². The van der Waals surface area contributed by atoms with Gasteiger partial charge in [0.2, 0.25) is 0 Å². The lowest BCUT2D eigenvalue weighted by Crippen LogP contribution is -2.03. The molecule has 0 unspecified atom stereocenters. The lowest BCUT2D eigenvalue weighted by Gasteiger charge is -2.13. The number of ketones is 1. The first-order valence-electron chi connectivity index (χ1n) is 7.68. The van der Waals surface area contributed by atoms with Crippen molar-refractivity contribution in [3.8, 4) is 5.75 Å². The highest BCUT2D eigenvalue weighted by Gasteiger charge is 2.26. The Hall–Kier alpha value is -2.16. The van der Waals surface area contributed by atoms with E-state index >= 15 is 0 Å². The molecule has 2 aromatic carbocycles. The first-order chi connectivity index (χ1) is 10.7. The van der Waals surface area contributed by atoms with Crippen LogP contribution >= 0.6 is 0 Å². The van der Waals surface area contributed by atoms with E-state index in [1.165, 1.54) is 0 Å². The van der Waals surface area contributed by atoms with E-state index < -0.39 is 0 Å². The summed E-state index contributed by atoms with van der Waals surface area (Å²) in [7, 11) is 0. The molecule has 0 fully saturated rings. The summed E-state index contributed by atoms with van der Waals surface area (Å²) in [4.78, 5) is 11.7. The van der Waals surface area contributed by atoms with Crippen molar-refractivity contribution in [2.45, 2.75) is 40.2 Å². The highest BCUT2D eigenvalue weighted by molar-refractivity contribution is 6.00. The molecule has 3 heteroatoms. The fraction of sp³-hybridized carbons (Fsp3) is 0.316. The molecule has 0 heterocycles. The van der Waals surface area contributed by atoms with Crippen LogP contribution in [0.5, 0.6) is 5.75 Å². The monoisotopic (exact) mass is 300 g/mol. The van der Waals surface area contributed by atoms with Crippen molar-refractivity contribution < 1.29 is 13.9 Å². The number of carbonyl (C=O) groups excluding carboxylic acids is 1. The van der Waals surface area contributed by atoms with Crippen LogP contribution in [0.1, 0.15) is 47.3 Å². The molecule has 0 saturated carbocycles. The van der Waals surface area contributed by atoms with E-state index in [9.17, 15) is 9.18 Å². The standard InChI is InChI=1S/C17H15FO2.C2H6/c1-11-9-14-13(7-8-15(14)19)16(18)17(11)20-10-12-5-3-2-4-6-12;1-2/h2-6,9H,7-8,10H2,1H3;1-2H3. The zero-order valence-electron chi connectivity index (χ0n) is 13.3. The number of hydrogen-bond acceptors (Lipinski definition) is 2. The van der Waals surface area contributed by atoms with Crippen LogP contribution in [0, 0.1) is 12.7 Å². The highest BCUT2D eigenvalue weighted by atomic mass is 19.1. The number of carbonyl (C=O) groups is 1. The molecule has 2 nitrogen and oxygen atoms in total. The molecular formula is C19H21FO2. The Morgan fingerprint density at radius 2 is 1.82 bits per heavy atom. The van der Waals surface area contributed by atoms with E-state index in [0.29, 0.717) is 36.1 Å². The molecule has 0 bridgehead atoms. The maximum atomic E-state index is 14.4. The number of Topliss-reactive ketones (excluding diaryl/α,β-unsaturated/α-hetero) is 1. The van der Waals surface area contributed by atoms with Crippen LogP contribution in [-0.2, 0) is 13.0 Å². The normalized spacial score (nSPS) is 12.5. The Morgan fingerprint density at radius 3 is 2.50 bits per heavy atom. The van der Waals surface area contributed by atoms with Crippen LogP contribution < -0.4 is 4.74 Å². The van der Waals surface area contributed by atoms with Gasteiger partial charge in [0.05, 0.1) is 0 Å². The van der Waals surface area contributed by atoms with Crippen molar-refractivity contribution >= 4 is 5.78 Å². The van der Waals surface area contributed by atoms with Gasteiger partial charge in [0.15, 0.2) is 17.3 Å². The lowest BCUT2D eigenvalue weighted by atomic mass is 10.0. The molecule has 1 aliphatic carbocycles. The largest absolute Gasteiger partial charge is 0.486 e. The molecule has 22 heavy (non-hydrogen) atoms. The third kappa shape index (κ3) is 3.19. The zero-order valence-corrected chi connectivity index (χ0v) is 13.3. The predicted octanol–water partition coefficient (Wildman–Crippen LogP) is 4.87. The summed E-state index contributed by atoms with van der Waals surface area (Å²) in [5.41, 5.74) is 2.69. The number of rotatable bonds is 3. The van der Waals surface area contributed by atoms with Gasteiger partial charge in [-0.15, -0.1) is 0 Å². The summed E-state index contributed by atoms with van der Waals surface area (Å²) in [5.74, 6) is -0.0827. The molecule has 116 valence electrons. The summed E-state index contributed by atoms with van der Waals surface area (Å²) in [6, 6.07) is 11.4. The Balaban J connectivity index is 0.000000847. The minimum absolute atomic E-state index is 0.0246. The molecule has 3 rings (SSSR count). The van der Waals surface area contributed by atoms with Crippen LogP contribution in [0.3, 0.4) is 0 Å². The van der Waals surface area contributed by atoms with Crippen molar-refractivity contribution in [1.82, 2.24) is 0 Å². The van der Waals surface area contributed by atoms with Gasteiger partial charge in [-0.2, -0.15) is 0 Å². The molecule has 0 saturated heterocycles. The van der Waals surface area contributed by atoms with Crippen LogP contribution in [-0.4, -0.2) is 5.78 Å². The van der Waals surface area contributed by atoms with Gasteiger partial charge in [-0.1, -0.05) is 44.2 Å². The fourth-order valence-electron chi connectivity index (χ4n) is 2.57. The molecule has 0 aromatic heterocycles. The number of halogens is 1. The lowest BCUT2D eigenvalue weighted by molar-refractivity contribution is 0.0994. The van der Waals surface area contributed by atoms with Crippen LogP contribution in [0.15, 0.2) is 36.4 Å². The molecule has 0 N–H and O–H groups in total.